The number of guanidine groups is 1. The van der Waals surface area contributed by atoms with Crippen molar-refractivity contribution < 1.29 is 42.8 Å². The van der Waals surface area contributed by atoms with Crippen LogP contribution in [0.3, 0.4) is 0 Å². The summed E-state index contributed by atoms with van der Waals surface area (Å²) in [6.45, 7) is 17.1. The van der Waals surface area contributed by atoms with E-state index in [1.54, 1.807) is 62.3 Å². The maximum atomic E-state index is 12.0. The van der Waals surface area contributed by atoms with Gasteiger partial charge in [-0.2, -0.15) is 0 Å². The lowest BCUT2D eigenvalue weighted by Gasteiger charge is -2.22. The Balaban J connectivity index is 4.25. The van der Waals surface area contributed by atoms with E-state index in [0.717, 1.165) is 0 Å². The van der Waals surface area contributed by atoms with Gasteiger partial charge in [-0.3, -0.25) is 10.6 Å². The molecule has 0 aliphatic carbocycles. The fraction of sp³-hybridized carbons (Fsp3) is 0.826. The molecular weight excluding hydrogens is 462 g/mol. The highest BCUT2D eigenvalue weighted by Crippen LogP contribution is 2.08. The lowest BCUT2D eigenvalue weighted by molar-refractivity contribution is -0.160. The molecule has 0 radical (unpaired) electrons. The molecule has 0 aromatic rings. The molecule has 0 aliphatic heterocycles. The Kier molecular flexibility index (Phi) is 14.5. The number of carbonyl (C=O) groups excluding carboxylic acids is 3. The number of nitrogens with zero attached hydrogens (tertiary/aromatic N) is 1. The van der Waals surface area contributed by atoms with Crippen molar-refractivity contribution in [3.05, 3.63) is 0 Å². The average Bonchev–Trinajstić information content (AvgIpc) is 2.61. The average molecular weight is 506 g/mol. The van der Waals surface area contributed by atoms with Crippen LogP contribution >= 0.6 is 0 Å². The molecule has 0 aliphatic rings. The van der Waals surface area contributed by atoms with E-state index in [4.69, 9.17) is 28.4 Å². The third kappa shape index (κ3) is 23.1. The Morgan fingerprint density at radius 2 is 1.00 bits per heavy atom. The van der Waals surface area contributed by atoms with E-state index in [0.29, 0.717) is 19.8 Å². The summed E-state index contributed by atoms with van der Waals surface area (Å²) in [5.74, 6) is -0.543. The van der Waals surface area contributed by atoms with Crippen molar-refractivity contribution in [3.63, 3.8) is 0 Å². The number of rotatable bonds is 11. The molecule has 0 saturated heterocycles. The highest BCUT2D eigenvalue weighted by molar-refractivity contribution is 6.01. The Morgan fingerprint density at radius 3 is 1.43 bits per heavy atom. The molecular formula is C23H43N3O9. The SMILES string of the molecule is CC(C)(C)OC(=O)COCCOCCOCCN=C(NC(=O)OC(C)(C)C)NC(=O)OC(C)(C)C. The summed E-state index contributed by atoms with van der Waals surface area (Å²) in [4.78, 5) is 39.7. The number of alkyl carbamates (subject to hydrolysis) is 2. The predicted molar refractivity (Wildman–Crippen MR) is 129 cm³/mol. The van der Waals surface area contributed by atoms with E-state index in [9.17, 15) is 14.4 Å². The van der Waals surface area contributed by atoms with Crippen LogP contribution in [-0.4, -0.2) is 87.1 Å². The second kappa shape index (κ2) is 15.5. The summed E-state index contributed by atoms with van der Waals surface area (Å²) in [6, 6.07) is 0. The first-order valence-corrected chi connectivity index (χ1v) is 11.5. The second-order valence-corrected chi connectivity index (χ2v) is 10.3. The molecule has 35 heavy (non-hydrogen) atoms. The van der Waals surface area contributed by atoms with Crippen molar-refractivity contribution in [1.82, 2.24) is 10.6 Å². The van der Waals surface area contributed by atoms with E-state index < -0.39 is 35.0 Å². The number of carbonyl (C=O) groups is 3. The summed E-state index contributed by atoms with van der Waals surface area (Å²) < 4.78 is 31.4. The number of esters is 1. The van der Waals surface area contributed by atoms with Gasteiger partial charge in [-0.1, -0.05) is 0 Å². The van der Waals surface area contributed by atoms with E-state index in [-0.39, 0.29) is 32.3 Å². The third-order valence-electron chi connectivity index (χ3n) is 3.13. The van der Waals surface area contributed by atoms with Crippen LogP contribution in [0.2, 0.25) is 0 Å². The maximum absolute atomic E-state index is 12.0. The van der Waals surface area contributed by atoms with E-state index in [1.807, 2.05) is 0 Å². The quantitative estimate of drug-likeness (QED) is 0.142. The number of amides is 2. The molecule has 0 unspecified atom stereocenters. The minimum Gasteiger partial charge on any atom is -0.458 e. The molecule has 0 saturated carbocycles. The molecule has 0 heterocycles. The van der Waals surface area contributed by atoms with E-state index >= 15 is 0 Å². The number of ether oxygens (including phenoxy) is 6. The first kappa shape index (κ1) is 32.6. The molecule has 12 heteroatoms. The van der Waals surface area contributed by atoms with Crippen LogP contribution in [-0.2, 0) is 33.2 Å². The van der Waals surface area contributed by atoms with Crippen LogP contribution < -0.4 is 10.6 Å². The molecule has 0 atom stereocenters. The highest BCUT2D eigenvalue weighted by atomic mass is 16.6. The van der Waals surface area contributed by atoms with Crippen molar-refractivity contribution >= 4 is 24.1 Å². The lowest BCUT2D eigenvalue weighted by atomic mass is 10.2. The van der Waals surface area contributed by atoms with Gasteiger partial charge in [0, 0.05) is 0 Å². The molecule has 0 aromatic heterocycles. The number of aliphatic imine (C=N–C) groups is 1. The first-order valence-electron chi connectivity index (χ1n) is 11.5. The van der Waals surface area contributed by atoms with E-state index in [1.165, 1.54) is 0 Å². The summed E-state index contributed by atoms with van der Waals surface area (Å²) in [6.07, 6.45) is -1.54. The van der Waals surface area contributed by atoms with Crippen LogP contribution in [0.15, 0.2) is 4.99 Å². The number of nitrogens with one attached hydrogen (secondary N) is 2. The summed E-state index contributed by atoms with van der Waals surface area (Å²) in [5, 5.41) is 4.78. The zero-order valence-electron chi connectivity index (χ0n) is 22.6. The first-order chi connectivity index (χ1) is 16.0. The predicted octanol–water partition coefficient (Wildman–Crippen LogP) is 2.78. The topological polar surface area (TPSA) is 143 Å². The number of hydrogen-bond donors (Lipinski definition) is 2. The Hall–Kier alpha value is -2.44. The van der Waals surface area contributed by atoms with Gasteiger partial charge in [-0.05, 0) is 62.3 Å². The zero-order chi connectivity index (χ0) is 27.1. The molecule has 0 rings (SSSR count). The molecule has 2 amide bonds. The maximum Gasteiger partial charge on any atom is 0.414 e. The molecule has 12 nitrogen and oxygen atoms in total. The Morgan fingerprint density at radius 1 is 0.600 bits per heavy atom. The van der Waals surface area contributed by atoms with Crippen molar-refractivity contribution in [3.8, 4) is 0 Å². The fourth-order valence-corrected chi connectivity index (χ4v) is 2.10. The highest BCUT2D eigenvalue weighted by Gasteiger charge is 2.21. The van der Waals surface area contributed by atoms with Gasteiger partial charge < -0.3 is 28.4 Å². The molecule has 204 valence electrons. The van der Waals surface area contributed by atoms with Crippen molar-refractivity contribution in [2.75, 3.05) is 46.2 Å². The fourth-order valence-electron chi connectivity index (χ4n) is 2.10. The van der Waals surface area contributed by atoms with Gasteiger partial charge in [0.05, 0.1) is 39.6 Å². The van der Waals surface area contributed by atoms with Crippen LogP contribution in [0.1, 0.15) is 62.3 Å². The molecule has 0 fully saturated rings. The molecule has 2 N–H and O–H groups in total. The van der Waals surface area contributed by atoms with Gasteiger partial charge in [0.25, 0.3) is 0 Å². The van der Waals surface area contributed by atoms with Crippen LogP contribution in [0.4, 0.5) is 9.59 Å². The lowest BCUT2D eigenvalue weighted by Crippen LogP contribution is -2.47. The number of hydrogen-bond acceptors (Lipinski definition) is 10. The van der Waals surface area contributed by atoms with Crippen molar-refractivity contribution in [1.29, 1.82) is 0 Å². The van der Waals surface area contributed by atoms with Crippen LogP contribution in [0.25, 0.3) is 0 Å². The van der Waals surface area contributed by atoms with Crippen LogP contribution in [0.5, 0.6) is 0 Å². The minimum atomic E-state index is -0.768. The molecule has 0 spiro atoms. The molecule has 0 bridgehead atoms. The third-order valence-corrected chi connectivity index (χ3v) is 3.13. The summed E-state index contributed by atoms with van der Waals surface area (Å²) in [5.41, 5.74) is -1.98. The summed E-state index contributed by atoms with van der Waals surface area (Å²) in [7, 11) is 0. The Labute approximate surface area is 208 Å². The van der Waals surface area contributed by atoms with Crippen molar-refractivity contribution in [2.45, 2.75) is 79.1 Å². The van der Waals surface area contributed by atoms with Crippen molar-refractivity contribution in [2.24, 2.45) is 4.99 Å². The standard InChI is InChI=1S/C23H43N3O9/c1-21(2,3)33-17(27)16-32-15-14-31-13-12-30-11-10-24-18(25-19(28)34-22(4,5)6)26-20(29)35-23(7,8)9/h10-16H2,1-9H3,(H2,24,25,26,28,29). The zero-order valence-corrected chi connectivity index (χ0v) is 22.6. The largest absolute Gasteiger partial charge is 0.458 e. The normalized spacial score (nSPS) is 11.9. The van der Waals surface area contributed by atoms with Gasteiger partial charge in [-0.25, -0.2) is 19.4 Å². The van der Waals surface area contributed by atoms with Gasteiger partial charge in [0.1, 0.15) is 23.4 Å². The van der Waals surface area contributed by atoms with E-state index in [2.05, 4.69) is 15.6 Å². The van der Waals surface area contributed by atoms with Gasteiger partial charge >= 0.3 is 18.2 Å². The molecule has 0 aromatic carbocycles. The minimum absolute atomic E-state index is 0.115. The van der Waals surface area contributed by atoms with Gasteiger partial charge in [-0.15, -0.1) is 0 Å². The Bertz CT molecular complexity index is 658. The van der Waals surface area contributed by atoms with Gasteiger partial charge in [0.2, 0.25) is 5.96 Å². The van der Waals surface area contributed by atoms with Crippen LogP contribution in [0, 0.1) is 0 Å². The summed E-state index contributed by atoms with van der Waals surface area (Å²) >= 11 is 0. The second-order valence-electron chi connectivity index (χ2n) is 10.3. The van der Waals surface area contributed by atoms with Gasteiger partial charge in [0.15, 0.2) is 0 Å². The monoisotopic (exact) mass is 505 g/mol. The smallest absolute Gasteiger partial charge is 0.414 e.